The summed E-state index contributed by atoms with van der Waals surface area (Å²) in [5.41, 5.74) is -0.227. The summed E-state index contributed by atoms with van der Waals surface area (Å²) >= 11 is 0. The Hall–Kier alpha value is -3.89. The maximum atomic E-state index is 13.3. The van der Waals surface area contributed by atoms with E-state index < -0.39 is 23.8 Å². The van der Waals surface area contributed by atoms with Crippen LogP contribution >= 0.6 is 0 Å². The van der Waals surface area contributed by atoms with E-state index in [2.05, 4.69) is 6.07 Å². The lowest BCUT2D eigenvalue weighted by molar-refractivity contribution is -0.147. The average molecular weight is 430 g/mol. The number of anilines is 1. The molecule has 2 aromatic rings. The molecular weight excluding hydrogens is 408 g/mol. The van der Waals surface area contributed by atoms with Gasteiger partial charge >= 0.3 is 11.9 Å². The molecule has 32 heavy (non-hydrogen) atoms. The third-order valence-corrected chi connectivity index (χ3v) is 5.30. The molecule has 7 nitrogen and oxygen atoms in total. The van der Waals surface area contributed by atoms with Crippen molar-refractivity contribution in [1.29, 1.82) is 5.26 Å². The Morgan fingerprint density at radius 1 is 1.03 bits per heavy atom. The monoisotopic (exact) mass is 430 g/mol. The molecule has 0 aliphatic carbocycles. The second kappa shape index (κ2) is 8.69. The molecule has 0 N–H and O–H groups in total. The Bertz CT molecular complexity index is 1150. The number of nitrogens with zero attached hydrogens (tertiary/aromatic N) is 2. The number of hydrogen-bond acceptors (Lipinski definition) is 7. The van der Waals surface area contributed by atoms with Crippen molar-refractivity contribution in [2.24, 2.45) is 0 Å². The quantitative estimate of drug-likeness (QED) is 0.669. The van der Waals surface area contributed by atoms with E-state index in [-0.39, 0.29) is 24.5 Å². The smallest absolute Gasteiger partial charge is 0.355 e. The fourth-order valence-corrected chi connectivity index (χ4v) is 4.00. The molecule has 2 aliphatic rings. The first kappa shape index (κ1) is 21.3. The number of hydrogen-bond donors (Lipinski definition) is 0. The zero-order chi connectivity index (χ0) is 22.7. The molecule has 2 aromatic carbocycles. The molecule has 0 spiro atoms. The first-order valence-corrected chi connectivity index (χ1v) is 10.4. The van der Waals surface area contributed by atoms with Crippen molar-refractivity contribution in [3.05, 3.63) is 83.1 Å². The molecule has 0 aromatic heterocycles. The number of para-hydroxylation sites is 1. The first-order chi connectivity index (χ1) is 15.6. The Labute approximate surface area is 186 Å². The van der Waals surface area contributed by atoms with Crippen LogP contribution in [0.3, 0.4) is 0 Å². The minimum Gasteiger partial charge on any atom is -0.462 e. The van der Waals surface area contributed by atoms with Gasteiger partial charge in [-0.15, -0.1) is 0 Å². The third-order valence-electron chi connectivity index (χ3n) is 5.30. The minimum absolute atomic E-state index is 0.0641. The Balaban J connectivity index is 2.07. The topological polar surface area (TPSA) is 88.9 Å². The van der Waals surface area contributed by atoms with Crippen molar-refractivity contribution < 1.29 is 23.8 Å². The number of esters is 2. The van der Waals surface area contributed by atoms with Crippen molar-refractivity contribution in [2.45, 2.75) is 25.7 Å². The maximum Gasteiger partial charge on any atom is 0.355 e. The second-order valence-electron chi connectivity index (χ2n) is 7.12. The third kappa shape index (κ3) is 3.35. The number of benzene rings is 2. The molecule has 0 fully saturated rings. The van der Waals surface area contributed by atoms with Gasteiger partial charge in [-0.1, -0.05) is 54.6 Å². The molecule has 2 aliphatic heterocycles. The minimum atomic E-state index is -1.87. The van der Waals surface area contributed by atoms with Crippen LogP contribution in [-0.4, -0.2) is 31.4 Å². The molecule has 7 heteroatoms. The molecular formula is C25H22N2O5. The number of ether oxygens (including phenoxy) is 3. The van der Waals surface area contributed by atoms with Gasteiger partial charge in [0.1, 0.15) is 17.3 Å². The van der Waals surface area contributed by atoms with Crippen LogP contribution in [0.5, 0.6) is 0 Å². The zero-order valence-corrected chi connectivity index (χ0v) is 17.8. The highest BCUT2D eigenvalue weighted by Gasteiger charge is 2.54. The molecule has 2 unspecified atom stereocenters. The summed E-state index contributed by atoms with van der Waals surface area (Å²) in [5, 5.41) is 10.4. The summed E-state index contributed by atoms with van der Waals surface area (Å²) in [5.74, 6) is -1.55. The van der Waals surface area contributed by atoms with Gasteiger partial charge in [0.2, 0.25) is 5.60 Å². The van der Waals surface area contributed by atoms with Crippen LogP contribution in [0, 0.1) is 11.3 Å². The molecule has 0 radical (unpaired) electrons. The molecule has 162 valence electrons. The summed E-state index contributed by atoms with van der Waals surface area (Å²) in [4.78, 5) is 28.2. The van der Waals surface area contributed by atoms with Gasteiger partial charge in [-0.3, -0.25) is 0 Å². The van der Waals surface area contributed by atoms with Crippen LogP contribution in [-0.2, 0) is 29.4 Å². The zero-order valence-electron chi connectivity index (χ0n) is 17.8. The second-order valence-corrected chi connectivity index (χ2v) is 7.12. The lowest BCUT2D eigenvalue weighted by Gasteiger charge is -2.46. The van der Waals surface area contributed by atoms with Crippen molar-refractivity contribution >= 4 is 23.7 Å². The molecule has 4 rings (SSSR count). The van der Waals surface area contributed by atoms with Crippen molar-refractivity contribution in [3.63, 3.8) is 0 Å². The van der Waals surface area contributed by atoms with Gasteiger partial charge in [0.15, 0.2) is 6.23 Å². The van der Waals surface area contributed by atoms with Crippen LogP contribution in [0.15, 0.2) is 71.9 Å². The SMILES string of the molecule is CCOC(=O)C1=C(C(=O)OCC)C(C#N)(c2ccccc2)OC2C=Cc3ccccc3N12. The van der Waals surface area contributed by atoms with Crippen molar-refractivity contribution in [1.82, 2.24) is 0 Å². The standard InChI is InChI=1S/C25H22N2O5/c1-3-30-23(28)21-22(24(29)31-4-2)27-19-13-9-8-10-17(19)14-15-20(27)32-25(21,16-26)18-11-6-5-7-12-18/h5-15,20H,3-4H2,1-2H3. The number of carbonyl (C=O) groups excluding carboxylic acids is 2. The van der Waals surface area contributed by atoms with Crippen LogP contribution < -0.4 is 4.90 Å². The highest BCUT2D eigenvalue weighted by atomic mass is 16.6. The fourth-order valence-electron chi connectivity index (χ4n) is 4.00. The maximum absolute atomic E-state index is 13.3. The van der Waals surface area contributed by atoms with Gasteiger partial charge in [-0.25, -0.2) is 9.59 Å². The average Bonchev–Trinajstić information content (AvgIpc) is 2.83. The molecule has 2 heterocycles. The molecule has 0 bridgehead atoms. The number of carbonyl (C=O) groups is 2. The lowest BCUT2D eigenvalue weighted by atomic mass is 9.83. The normalized spacial score (nSPS) is 21.3. The summed E-state index contributed by atoms with van der Waals surface area (Å²) < 4.78 is 17.0. The van der Waals surface area contributed by atoms with E-state index in [1.807, 2.05) is 30.3 Å². The predicted molar refractivity (Wildman–Crippen MR) is 117 cm³/mol. The summed E-state index contributed by atoms with van der Waals surface area (Å²) in [6.45, 7) is 3.50. The van der Waals surface area contributed by atoms with Gasteiger partial charge in [-0.05, 0) is 31.6 Å². The van der Waals surface area contributed by atoms with Crippen molar-refractivity contribution in [2.75, 3.05) is 18.1 Å². The Morgan fingerprint density at radius 2 is 1.69 bits per heavy atom. The van der Waals surface area contributed by atoms with Crippen molar-refractivity contribution in [3.8, 4) is 6.07 Å². The lowest BCUT2D eigenvalue weighted by Crippen LogP contribution is -2.54. The summed E-state index contributed by atoms with van der Waals surface area (Å²) in [7, 11) is 0. The van der Waals surface area contributed by atoms with Crippen LogP contribution in [0.2, 0.25) is 0 Å². The molecule has 2 atom stereocenters. The number of fused-ring (bicyclic) bond motifs is 3. The van der Waals surface area contributed by atoms with E-state index in [4.69, 9.17) is 14.2 Å². The number of nitriles is 1. The van der Waals surface area contributed by atoms with Crippen LogP contribution in [0.4, 0.5) is 5.69 Å². The Kier molecular flexibility index (Phi) is 5.80. The number of rotatable bonds is 5. The van der Waals surface area contributed by atoms with Gasteiger partial charge in [0, 0.05) is 5.56 Å². The van der Waals surface area contributed by atoms with E-state index in [9.17, 15) is 14.9 Å². The van der Waals surface area contributed by atoms with E-state index >= 15 is 0 Å². The molecule has 0 saturated heterocycles. The highest BCUT2D eigenvalue weighted by molar-refractivity contribution is 6.06. The van der Waals surface area contributed by atoms with Gasteiger partial charge in [-0.2, -0.15) is 5.26 Å². The van der Waals surface area contributed by atoms with Crippen LogP contribution in [0.25, 0.3) is 6.08 Å². The van der Waals surface area contributed by atoms with E-state index in [1.165, 1.54) is 0 Å². The Morgan fingerprint density at radius 3 is 2.38 bits per heavy atom. The predicted octanol–water partition coefficient (Wildman–Crippen LogP) is 3.68. The summed E-state index contributed by atoms with van der Waals surface area (Å²) in [6.07, 6.45) is 2.79. The van der Waals surface area contributed by atoms with Gasteiger partial charge in [0.25, 0.3) is 0 Å². The van der Waals surface area contributed by atoms with E-state index in [0.717, 1.165) is 5.56 Å². The van der Waals surface area contributed by atoms with E-state index in [0.29, 0.717) is 11.3 Å². The van der Waals surface area contributed by atoms with Crippen LogP contribution in [0.1, 0.15) is 25.0 Å². The summed E-state index contributed by atoms with van der Waals surface area (Å²) in [6, 6.07) is 18.2. The van der Waals surface area contributed by atoms with E-state index in [1.54, 1.807) is 55.2 Å². The van der Waals surface area contributed by atoms with Gasteiger partial charge < -0.3 is 19.1 Å². The van der Waals surface area contributed by atoms with Gasteiger partial charge in [0.05, 0.1) is 18.9 Å². The highest BCUT2D eigenvalue weighted by Crippen LogP contribution is 2.47. The largest absolute Gasteiger partial charge is 0.462 e. The fraction of sp³-hybridized carbons (Fsp3) is 0.240. The molecule has 0 saturated carbocycles. The molecule has 0 amide bonds. The first-order valence-electron chi connectivity index (χ1n) is 10.4.